The van der Waals surface area contributed by atoms with E-state index in [0.717, 1.165) is 5.69 Å². The fourth-order valence-corrected chi connectivity index (χ4v) is 1.95. The molecular formula is C11H13NO2. The Labute approximate surface area is 82.8 Å². The van der Waals surface area contributed by atoms with Gasteiger partial charge in [-0.05, 0) is 24.0 Å². The maximum absolute atomic E-state index is 10.8. The molecule has 1 aromatic rings. The molecule has 0 saturated carbocycles. The molecule has 1 aliphatic heterocycles. The number of benzene rings is 1. The van der Waals surface area contributed by atoms with E-state index in [1.807, 2.05) is 24.3 Å². The van der Waals surface area contributed by atoms with Crippen molar-refractivity contribution in [3.63, 3.8) is 0 Å². The standard InChI is InChI=1S/C11H13NO2/c1-7-6-10(11(13)14)12-9-5-3-2-4-8(7)9/h2-5,7,10,12H,6H2,1H3,(H,13,14)/t7-,10-/m1/s1. The summed E-state index contributed by atoms with van der Waals surface area (Å²) in [5, 5.41) is 11.9. The number of nitrogens with one attached hydrogen (secondary N) is 1. The van der Waals surface area contributed by atoms with E-state index >= 15 is 0 Å². The molecule has 0 bridgehead atoms. The number of anilines is 1. The van der Waals surface area contributed by atoms with Crippen LogP contribution in [0, 0.1) is 0 Å². The predicted molar refractivity (Wildman–Crippen MR) is 54.5 cm³/mol. The van der Waals surface area contributed by atoms with Crippen molar-refractivity contribution in [2.75, 3.05) is 5.32 Å². The first-order valence-electron chi connectivity index (χ1n) is 4.76. The number of carboxylic acids is 1. The minimum absolute atomic E-state index is 0.313. The van der Waals surface area contributed by atoms with Gasteiger partial charge in [0.05, 0.1) is 0 Å². The molecule has 0 unspecified atom stereocenters. The molecule has 74 valence electrons. The van der Waals surface area contributed by atoms with Gasteiger partial charge in [-0.1, -0.05) is 25.1 Å². The molecular weight excluding hydrogens is 178 g/mol. The average Bonchev–Trinajstić information content (AvgIpc) is 2.17. The lowest BCUT2D eigenvalue weighted by Gasteiger charge is -2.28. The lowest BCUT2D eigenvalue weighted by atomic mass is 9.88. The van der Waals surface area contributed by atoms with E-state index in [-0.39, 0.29) is 0 Å². The van der Waals surface area contributed by atoms with Crippen LogP contribution in [0.2, 0.25) is 0 Å². The smallest absolute Gasteiger partial charge is 0.326 e. The van der Waals surface area contributed by atoms with Gasteiger partial charge < -0.3 is 10.4 Å². The summed E-state index contributed by atoms with van der Waals surface area (Å²) >= 11 is 0. The van der Waals surface area contributed by atoms with Crippen LogP contribution in [-0.4, -0.2) is 17.1 Å². The summed E-state index contributed by atoms with van der Waals surface area (Å²) in [7, 11) is 0. The number of carbonyl (C=O) groups is 1. The van der Waals surface area contributed by atoms with Crippen molar-refractivity contribution >= 4 is 11.7 Å². The Hall–Kier alpha value is -1.51. The summed E-state index contributed by atoms with van der Waals surface area (Å²) in [6.07, 6.45) is 0.659. The molecule has 0 aliphatic carbocycles. The molecule has 3 nitrogen and oxygen atoms in total. The van der Waals surface area contributed by atoms with Crippen molar-refractivity contribution in [2.24, 2.45) is 0 Å². The summed E-state index contributed by atoms with van der Waals surface area (Å²) in [6, 6.07) is 7.44. The molecule has 3 heteroatoms. The maximum atomic E-state index is 10.8. The van der Waals surface area contributed by atoms with Crippen molar-refractivity contribution in [1.29, 1.82) is 0 Å². The molecule has 1 aliphatic rings. The van der Waals surface area contributed by atoms with Gasteiger partial charge in [0.25, 0.3) is 0 Å². The van der Waals surface area contributed by atoms with E-state index in [1.54, 1.807) is 0 Å². The van der Waals surface area contributed by atoms with E-state index in [9.17, 15) is 4.79 Å². The van der Waals surface area contributed by atoms with Crippen molar-refractivity contribution in [3.05, 3.63) is 29.8 Å². The topological polar surface area (TPSA) is 49.3 Å². The number of rotatable bonds is 1. The molecule has 1 heterocycles. The highest BCUT2D eigenvalue weighted by Gasteiger charge is 2.27. The summed E-state index contributed by atoms with van der Waals surface area (Å²) < 4.78 is 0. The molecule has 0 aromatic heterocycles. The average molecular weight is 191 g/mol. The predicted octanol–water partition coefficient (Wildman–Crippen LogP) is 2.06. The molecule has 0 amide bonds. The van der Waals surface area contributed by atoms with Crippen molar-refractivity contribution in [2.45, 2.75) is 25.3 Å². The molecule has 2 rings (SSSR count). The number of fused-ring (bicyclic) bond motifs is 1. The van der Waals surface area contributed by atoms with Crippen LogP contribution in [-0.2, 0) is 4.79 Å². The Kier molecular flexibility index (Phi) is 2.15. The zero-order valence-electron chi connectivity index (χ0n) is 8.03. The number of hydrogen-bond acceptors (Lipinski definition) is 2. The molecule has 0 spiro atoms. The lowest BCUT2D eigenvalue weighted by molar-refractivity contribution is -0.138. The van der Waals surface area contributed by atoms with E-state index in [2.05, 4.69) is 12.2 Å². The fourth-order valence-electron chi connectivity index (χ4n) is 1.95. The zero-order chi connectivity index (χ0) is 10.1. The van der Waals surface area contributed by atoms with E-state index < -0.39 is 12.0 Å². The second-order valence-corrected chi connectivity index (χ2v) is 3.76. The van der Waals surface area contributed by atoms with Crippen LogP contribution in [0.4, 0.5) is 5.69 Å². The Balaban J connectivity index is 2.33. The van der Waals surface area contributed by atoms with Crippen molar-refractivity contribution in [1.82, 2.24) is 0 Å². The van der Waals surface area contributed by atoms with Crippen LogP contribution in [0.25, 0.3) is 0 Å². The quantitative estimate of drug-likeness (QED) is 0.714. The van der Waals surface area contributed by atoms with Crippen LogP contribution < -0.4 is 5.32 Å². The van der Waals surface area contributed by atoms with Crippen molar-refractivity contribution in [3.8, 4) is 0 Å². The minimum Gasteiger partial charge on any atom is -0.480 e. The zero-order valence-corrected chi connectivity index (χ0v) is 8.03. The second kappa shape index (κ2) is 3.33. The highest BCUT2D eigenvalue weighted by molar-refractivity contribution is 5.79. The van der Waals surface area contributed by atoms with Gasteiger partial charge in [-0.3, -0.25) is 0 Å². The van der Waals surface area contributed by atoms with Crippen LogP contribution in [0.15, 0.2) is 24.3 Å². The minimum atomic E-state index is -0.772. The van der Waals surface area contributed by atoms with Crippen LogP contribution in [0.1, 0.15) is 24.8 Å². The van der Waals surface area contributed by atoms with E-state index in [0.29, 0.717) is 12.3 Å². The highest BCUT2D eigenvalue weighted by atomic mass is 16.4. The van der Waals surface area contributed by atoms with Gasteiger partial charge in [-0.2, -0.15) is 0 Å². The van der Waals surface area contributed by atoms with Gasteiger partial charge in [0.2, 0.25) is 0 Å². The Morgan fingerprint density at radius 2 is 2.21 bits per heavy atom. The van der Waals surface area contributed by atoms with Gasteiger partial charge in [-0.15, -0.1) is 0 Å². The summed E-state index contributed by atoms with van der Waals surface area (Å²) in [5.41, 5.74) is 2.17. The lowest BCUT2D eigenvalue weighted by Crippen LogP contribution is -2.34. The molecule has 2 N–H and O–H groups in total. The molecule has 14 heavy (non-hydrogen) atoms. The fraction of sp³-hybridized carbons (Fsp3) is 0.364. The largest absolute Gasteiger partial charge is 0.480 e. The SMILES string of the molecule is C[C@@H]1C[C@H](C(=O)O)Nc2ccccc21. The Morgan fingerprint density at radius 3 is 2.93 bits per heavy atom. The summed E-state index contributed by atoms with van der Waals surface area (Å²) in [5.74, 6) is -0.458. The van der Waals surface area contributed by atoms with Gasteiger partial charge in [0.1, 0.15) is 6.04 Å². The first kappa shape index (κ1) is 9.06. The normalized spacial score (nSPS) is 24.9. The maximum Gasteiger partial charge on any atom is 0.326 e. The van der Waals surface area contributed by atoms with Crippen LogP contribution in [0.3, 0.4) is 0 Å². The highest BCUT2D eigenvalue weighted by Crippen LogP contribution is 2.33. The Morgan fingerprint density at radius 1 is 1.50 bits per heavy atom. The molecule has 0 radical (unpaired) electrons. The van der Waals surface area contributed by atoms with Gasteiger partial charge in [0, 0.05) is 5.69 Å². The Bertz CT molecular complexity index is 362. The van der Waals surface area contributed by atoms with E-state index in [1.165, 1.54) is 5.56 Å². The first-order valence-corrected chi connectivity index (χ1v) is 4.76. The van der Waals surface area contributed by atoms with Gasteiger partial charge in [0.15, 0.2) is 0 Å². The van der Waals surface area contributed by atoms with Gasteiger partial charge >= 0.3 is 5.97 Å². The van der Waals surface area contributed by atoms with E-state index in [4.69, 9.17) is 5.11 Å². The molecule has 0 saturated heterocycles. The number of carboxylic acid groups (broad SMARTS) is 1. The van der Waals surface area contributed by atoms with Crippen LogP contribution >= 0.6 is 0 Å². The third kappa shape index (κ3) is 1.45. The van der Waals surface area contributed by atoms with Crippen molar-refractivity contribution < 1.29 is 9.90 Å². The third-order valence-corrected chi connectivity index (χ3v) is 2.71. The number of aliphatic carboxylic acids is 1. The second-order valence-electron chi connectivity index (χ2n) is 3.76. The summed E-state index contributed by atoms with van der Waals surface area (Å²) in [6.45, 7) is 2.07. The first-order chi connectivity index (χ1) is 6.68. The van der Waals surface area contributed by atoms with Gasteiger partial charge in [-0.25, -0.2) is 4.79 Å². The molecule has 2 atom stereocenters. The number of hydrogen-bond donors (Lipinski definition) is 2. The number of para-hydroxylation sites is 1. The van der Waals surface area contributed by atoms with Crippen LogP contribution in [0.5, 0.6) is 0 Å². The molecule has 1 aromatic carbocycles. The monoisotopic (exact) mass is 191 g/mol. The molecule has 0 fully saturated rings. The third-order valence-electron chi connectivity index (χ3n) is 2.71. The summed E-state index contributed by atoms with van der Waals surface area (Å²) in [4.78, 5) is 10.8.